The van der Waals surface area contributed by atoms with Gasteiger partial charge in [-0.3, -0.25) is 13.9 Å². The fourth-order valence-corrected chi connectivity index (χ4v) is 6.55. The summed E-state index contributed by atoms with van der Waals surface area (Å²) in [7, 11) is -2.60. The third-order valence-corrected chi connectivity index (χ3v) is 8.54. The molecule has 0 aliphatic carbocycles. The molecule has 6 rings (SSSR count). The van der Waals surface area contributed by atoms with E-state index in [1.807, 2.05) is 59.4 Å². The maximum Gasteiger partial charge on any atom is 0.251 e. The summed E-state index contributed by atoms with van der Waals surface area (Å²) >= 11 is 0. The van der Waals surface area contributed by atoms with Crippen LogP contribution in [0, 0.1) is 5.82 Å². The second kappa shape index (κ2) is 9.19. The first-order valence-corrected chi connectivity index (χ1v) is 13.8. The SMILES string of the molecule is O=C(NC1CCS(O)(O)C1)c1ccc2c(-c3ccc(-n4cccn4)cc3)cn(-c3ccc(F)cc3)c2c1. The second-order valence-corrected chi connectivity index (χ2v) is 11.6. The zero-order valence-electron chi connectivity index (χ0n) is 19.8. The lowest BCUT2D eigenvalue weighted by molar-refractivity contribution is 0.0941. The van der Waals surface area contributed by atoms with E-state index >= 15 is 0 Å². The second-order valence-electron chi connectivity index (χ2n) is 9.25. The van der Waals surface area contributed by atoms with Gasteiger partial charge < -0.3 is 9.88 Å². The Kier molecular flexibility index (Phi) is 5.83. The Morgan fingerprint density at radius 2 is 1.78 bits per heavy atom. The van der Waals surface area contributed by atoms with Crippen molar-refractivity contribution in [2.24, 2.45) is 0 Å². The van der Waals surface area contributed by atoms with Crippen molar-refractivity contribution in [1.29, 1.82) is 0 Å². The van der Waals surface area contributed by atoms with Gasteiger partial charge in [-0.05, 0) is 66.6 Å². The van der Waals surface area contributed by atoms with Crippen LogP contribution in [0.5, 0.6) is 0 Å². The summed E-state index contributed by atoms with van der Waals surface area (Å²) in [6.45, 7) is 0. The number of halogens is 1. The summed E-state index contributed by atoms with van der Waals surface area (Å²) in [6.07, 6.45) is 6.15. The summed E-state index contributed by atoms with van der Waals surface area (Å²) in [5.74, 6) is -0.0864. The van der Waals surface area contributed by atoms with E-state index in [4.69, 9.17) is 0 Å². The predicted molar refractivity (Wildman–Crippen MR) is 144 cm³/mol. The van der Waals surface area contributed by atoms with E-state index in [0.717, 1.165) is 33.4 Å². The number of hydrogen-bond donors (Lipinski definition) is 3. The van der Waals surface area contributed by atoms with Gasteiger partial charge in [0.2, 0.25) is 0 Å². The quantitative estimate of drug-likeness (QED) is 0.272. The molecular weight excluding hydrogens is 491 g/mol. The van der Waals surface area contributed by atoms with Crippen LogP contribution in [0.1, 0.15) is 16.8 Å². The fraction of sp³-hybridized carbons (Fsp3) is 0.143. The number of carbonyl (C=O) groups excluding carboxylic acids is 1. The van der Waals surface area contributed by atoms with E-state index in [-0.39, 0.29) is 23.5 Å². The highest BCUT2D eigenvalue weighted by Crippen LogP contribution is 2.45. The highest BCUT2D eigenvalue weighted by atomic mass is 32.3. The van der Waals surface area contributed by atoms with Gasteiger partial charge >= 0.3 is 0 Å². The van der Waals surface area contributed by atoms with Crippen LogP contribution < -0.4 is 5.32 Å². The van der Waals surface area contributed by atoms with E-state index in [1.165, 1.54) is 12.1 Å². The van der Waals surface area contributed by atoms with E-state index < -0.39 is 10.6 Å². The molecule has 5 aromatic rings. The average molecular weight is 517 g/mol. The van der Waals surface area contributed by atoms with Crippen LogP contribution in [0.3, 0.4) is 0 Å². The highest BCUT2D eigenvalue weighted by Gasteiger charge is 2.29. The highest BCUT2D eigenvalue weighted by molar-refractivity contribution is 8.24. The van der Waals surface area contributed by atoms with Crippen molar-refractivity contribution in [1.82, 2.24) is 19.7 Å². The van der Waals surface area contributed by atoms with Crippen molar-refractivity contribution in [3.05, 3.63) is 103 Å². The summed E-state index contributed by atoms with van der Waals surface area (Å²) in [6, 6.07) is 21.4. The summed E-state index contributed by atoms with van der Waals surface area (Å²) < 4.78 is 37.2. The van der Waals surface area contributed by atoms with E-state index in [9.17, 15) is 18.3 Å². The minimum absolute atomic E-state index is 0.186. The topological polar surface area (TPSA) is 92.3 Å². The Balaban J connectivity index is 1.40. The lowest BCUT2D eigenvalue weighted by atomic mass is 10.0. The standard InChI is InChI=1S/C28H25FN4O3S/c29-21-5-9-23(10-6-21)32-17-26(19-2-7-24(8-3-19)33-14-1-13-30-33)25-11-4-20(16-27(25)32)28(34)31-22-12-15-37(35,36)18-22/h1-11,13-14,16-17,22,35-36H,12,15,18H2,(H,31,34). The number of benzene rings is 3. The number of hydrogen-bond acceptors (Lipinski definition) is 4. The molecule has 0 saturated carbocycles. The predicted octanol–water partition coefficient (Wildman–Crippen LogP) is 5.88. The molecule has 1 amide bonds. The van der Waals surface area contributed by atoms with Crippen molar-refractivity contribution < 1.29 is 18.3 Å². The van der Waals surface area contributed by atoms with Gasteiger partial charge in [-0.25, -0.2) is 9.07 Å². The van der Waals surface area contributed by atoms with Crippen LogP contribution in [0.25, 0.3) is 33.4 Å². The third kappa shape index (κ3) is 4.64. The molecule has 9 heteroatoms. The number of carbonyl (C=O) groups is 1. The number of nitrogens with zero attached hydrogens (tertiary/aromatic N) is 3. The van der Waals surface area contributed by atoms with Crippen molar-refractivity contribution in [3.63, 3.8) is 0 Å². The molecule has 1 aliphatic heterocycles. The van der Waals surface area contributed by atoms with Crippen LogP contribution in [-0.2, 0) is 0 Å². The van der Waals surface area contributed by atoms with E-state index in [1.54, 1.807) is 29.1 Å². The third-order valence-electron chi connectivity index (χ3n) is 6.72. The molecule has 0 bridgehead atoms. The molecule has 3 N–H and O–H groups in total. The Morgan fingerprint density at radius 3 is 2.46 bits per heavy atom. The van der Waals surface area contributed by atoms with Gasteiger partial charge in [0.15, 0.2) is 0 Å². The minimum Gasteiger partial charge on any atom is -0.348 e. The molecule has 37 heavy (non-hydrogen) atoms. The van der Waals surface area contributed by atoms with Gasteiger partial charge in [0.25, 0.3) is 5.91 Å². The zero-order valence-corrected chi connectivity index (χ0v) is 20.6. The fourth-order valence-electron chi connectivity index (χ4n) is 4.83. The molecule has 2 aromatic heterocycles. The van der Waals surface area contributed by atoms with Gasteiger partial charge in [-0.15, -0.1) is 0 Å². The van der Waals surface area contributed by atoms with Gasteiger partial charge in [0.1, 0.15) is 5.82 Å². The molecule has 0 radical (unpaired) electrons. The molecule has 7 nitrogen and oxygen atoms in total. The average Bonchev–Trinajstić information content (AvgIpc) is 3.63. The minimum atomic E-state index is -2.60. The van der Waals surface area contributed by atoms with Crippen LogP contribution >= 0.6 is 10.6 Å². The molecule has 0 spiro atoms. The molecule has 1 saturated heterocycles. The zero-order chi connectivity index (χ0) is 25.6. The van der Waals surface area contributed by atoms with Gasteiger partial charge in [-0.2, -0.15) is 15.7 Å². The largest absolute Gasteiger partial charge is 0.348 e. The molecule has 1 aliphatic rings. The van der Waals surface area contributed by atoms with Gasteiger partial charge in [0, 0.05) is 52.6 Å². The maximum absolute atomic E-state index is 13.7. The van der Waals surface area contributed by atoms with Crippen LogP contribution in [0.2, 0.25) is 0 Å². The van der Waals surface area contributed by atoms with Gasteiger partial charge in [-0.1, -0.05) is 18.2 Å². The Morgan fingerprint density at radius 1 is 1.03 bits per heavy atom. The van der Waals surface area contributed by atoms with E-state index in [0.29, 0.717) is 17.7 Å². The van der Waals surface area contributed by atoms with Gasteiger partial charge in [0.05, 0.1) is 17.0 Å². The summed E-state index contributed by atoms with van der Waals surface area (Å²) in [5.41, 5.74) is 4.96. The van der Waals surface area contributed by atoms with Crippen LogP contribution in [0.15, 0.2) is 91.4 Å². The molecule has 3 aromatic carbocycles. The number of fused-ring (bicyclic) bond motifs is 1. The molecule has 188 valence electrons. The molecule has 3 heterocycles. The monoisotopic (exact) mass is 516 g/mol. The molecule has 1 fully saturated rings. The smallest absolute Gasteiger partial charge is 0.251 e. The lowest BCUT2D eigenvalue weighted by Gasteiger charge is -2.26. The molecular formula is C28H25FN4O3S. The number of amides is 1. The van der Waals surface area contributed by atoms with Crippen LogP contribution in [0.4, 0.5) is 4.39 Å². The van der Waals surface area contributed by atoms with Crippen molar-refractivity contribution in [3.8, 4) is 22.5 Å². The molecule has 1 unspecified atom stereocenters. The first kappa shape index (κ1) is 23.5. The molecule has 1 atom stereocenters. The normalized spacial score (nSPS) is 17.6. The lowest BCUT2D eigenvalue weighted by Crippen LogP contribution is -2.35. The van der Waals surface area contributed by atoms with Crippen molar-refractivity contribution >= 4 is 27.4 Å². The van der Waals surface area contributed by atoms with Crippen LogP contribution in [-0.4, -0.2) is 46.9 Å². The summed E-state index contributed by atoms with van der Waals surface area (Å²) in [4.78, 5) is 13.0. The Hall–Kier alpha value is -3.92. The summed E-state index contributed by atoms with van der Waals surface area (Å²) in [5, 5.41) is 8.16. The first-order chi connectivity index (χ1) is 17.9. The van der Waals surface area contributed by atoms with Crippen molar-refractivity contribution in [2.45, 2.75) is 12.5 Å². The Labute approximate surface area is 214 Å². The number of aromatic nitrogens is 3. The van der Waals surface area contributed by atoms with Crippen molar-refractivity contribution in [2.75, 3.05) is 11.5 Å². The maximum atomic E-state index is 13.7. The number of rotatable bonds is 5. The Bertz CT molecular complexity index is 1580. The number of nitrogens with one attached hydrogen (secondary N) is 1. The van der Waals surface area contributed by atoms with E-state index in [2.05, 4.69) is 10.4 Å². The first-order valence-electron chi connectivity index (χ1n) is 11.9.